The van der Waals surface area contributed by atoms with E-state index < -0.39 is 0 Å². The molecule has 3 nitrogen and oxygen atoms in total. The van der Waals surface area contributed by atoms with Gasteiger partial charge in [-0.15, -0.1) is 11.6 Å². The summed E-state index contributed by atoms with van der Waals surface area (Å²) in [6.45, 7) is 3.69. The lowest BCUT2D eigenvalue weighted by molar-refractivity contribution is -0.151. The van der Waals surface area contributed by atoms with Gasteiger partial charge in [0.1, 0.15) is 5.75 Å². The Balaban J connectivity index is 1.81. The van der Waals surface area contributed by atoms with Gasteiger partial charge in [0.2, 0.25) is 0 Å². The van der Waals surface area contributed by atoms with E-state index >= 15 is 0 Å². The van der Waals surface area contributed by atoms with Crippen LogP contribution in [0.2, 0.25) is 0 Å². The van der Waals surface area contributed by atoms with E-state index in [1.54, 1.807) is 7.11 Å². The first-order valence-corrected chi connectivity index (χ1v) is 7.30. The third kappa shape index (κ3) is 2.35. The first kappa shape index (κ1) is 13.2. The van der Waals surface area contributed by atoms with Gasteiger partial charge in [-0.1, -0.05) is 12.1 Å². The largest absolute Gasteiger partial charge is 0.497 e. The van der Waals surface area contributed by atoms with Crippen LogP contribution in [-0.2, 0) is 10.3 Å². The SMILES string of the molecule is COc1ccc(C2(N3CCC(Cl)CC3)COC2)cc1. The third-order valence-electron chi connectivity index (χ3n) is 4.34. The molecule has 104 valence electrons. The van der Waals surface area contributed by atoms with Gasteiger partial charge < -0.3 is 9.47 Å². The molecule has 0 spiro atoms. The molecule has 4 heteroatoms. The molecule has 3 rings (SSSR count). The lowest BCUT2D eigenvalue weighted by Gasteiger charge is -2.51. The number of ether oxygens (including phenoxy) is 2. The van der Waals surface area contributed by atoms with Crippen molar-refractivity contribution in [1.82, 2.24) is 4.90 Å². The summed E-state index contributed by atoms with van der Waals surface area (Å²) in [5.74, 6) is 0.901. The minimum atomic E-state index is 0.0588. The molecular formula is C15H20ClNO2. The highest BCUT2D eigenvalue weighted by Gasteiger charge is 2.46. The molecule has 0 atom stereocenters. The number of piperidine rings is 1. The molecule has 0 N–H and O–H groups in total. The second-order valence-corrected chi connectivity index (χ2v) is 6.03. The maximum Gasteiger partial charge on any atom is 0.118 e. The lowest BCUT2D eigenvalue weighted by Crippen LogP contribution is -2.61. The van der Waals surface area contributed by atoms with Gasteiger partial charge in [-0.2, -0.15) is 0 Å². The van der Waals surface area contributed by atoms with Crippen molar-refractivity contribution in [2.75, 3.05) is 33.4 Å². The number of methoxy groups -OCH3 is 1. The number of rotatable bonds is 3. The van der Waals surface area contributed by atoms with Gasteiger partial charge >= 0.3 is 0 Å². The minimum absolute atomic E-state index is 0.0588. The monoisotopic (exact) mass is 281 g/mol. The van der Waals surface area contributed by atoms with E-state index in [1.807, 2.05) is 12.1 Å². The average Bonchev–Trinajstić information content (AvgIpc) is 2.40. The summed E-state index contributed by atoms with van der Waals surface area (Å²) in [4.78, 5) is 2.54. The fraction of sp³-hybridized carbons (Fsp3) is 0.600. The average molecular weight is 282 g/mol. The van der Waals surface area contributed by atoms with E-state index in [0.717, 1.165) is 44.9 Å². The smallest absolute Gasteiger partial charge is 0.118 e. The molecule has 2 aliphatic rings. The molecular weight excluding hydrogens is 262 g/mol. The number of halogens is 1. The zero-order valence-electron chi connectivity index (χ0n) is 11.3. The van der Waals surface area contributed by atoms with E-state index in [-0.39, 0.29) is 5.54 Å². The van der Waals surface area contributed by atoms with Crippen molar-refractivity contribution < 1.29 is 9.47 Å². The van der Waals surface area contributed by atoms with Crippen molar-refractivity contribution in [2.45, 2.75) is 23.8 Å². The Morgan fingerprint density at radius 2 is 1.84 bits per heavy atom. The van der Waals surface area contributed by atoms with Gasteiger partial charge in [-0.05, 0) is 30.5 Å². The van der Waals surface area contributed by atoms with Gasteiger partial charge in [0, 0.05) is 18.5 Å². The molecule has 0 aromatic heterocycles. The molecule has 0 radical (unpaired) electrons. The number of benzene rings is 1. The first-order chi connectivity index (χ1) is 9.24. The number of alkyl halides is 1. The number of hydrogen-bond acceptors (Lipinski definition) is 3. The van der Waals surface area contributed by atoms with E-state index in [9.17, 15) is 0 Å². The Labute approximate surface area is 119 Å². The normalized spacial score (nSPS) is 23.9. The van der Waals surface area contributed by atoms with E-state index in [2.05, 4.69) is 17.0 Å². The molecule has 2 saturated heterocycles. The number of hydrogen-bond donors (Lipinski definition) is 0. The van der Waals surface area contributed by atoms with Crippen molar-refractivity contribution in [3.8, 4) is 5.75 Å². The Morgan fingerprint density at radius 3 is 2.32 bits per heavy atom. The van der Waals surface area contributed by atoms with Crippen LogP contribution >= 0.6 is 11.6 Å². The second-order valence-electron chi connectivity index (χ2n) is 5.41. The molecule has 2 fully saturated rings. The first-order valence-electron chi connectivity index (χ1n) is 6.86. The van der Waals surface area contributed by atoms with Crippen LogP contribution in [0.1, 0.15) is 18.4 Å². The third-order valence-corrected chi connectivity index (χ3v) is 4.78. The van der Waals surface area contributed by atoms with E-state index in [0.29, 0.717) is 5.38 Å². The van der Waals surface area contributed by atoms with Crippen LogP contribution in [0.5, 0.6) is 5.75 Å². The fourth-order valence-corrected chi connectivity index (χ4v) is 3.20. The van der Waals surface area contributed by atoms with Gasteiger partial charge in [0.05, 0.1) is 25.9 Å². The van der Waals surface area contributed by atoms with Crippen LogP contribution in [0.4, 0.5) is 0 Å². The summed E-state index contributed by atoms with van der Waals surface area (Å²) in [6.07, 6.45) is 2.14. The highest BCUT2D eigenvalue weighted by molar-refractivity contribution is 6.20. The summed E-state index contributed by atoms with van der Waals surface area (Å²) >= 11 is 6.20. The molecule has 0 aliphatic carbocycles. The number of likely N-dealkylation sites (tertiary alicyclic amines) is 1. The molecule has 0 amide bonds. The van der Waals surface area contributed by atoms with Crippen molar-refractivity contribution in [3.05, 3.63) is 29.8 Å². The Morgan fingerprint density at radius 1 is 1.21 bits per heavy atom. The van der Waals surface area contributed by atoms with Gasteiger partial charge in [-0.3, -0.25) is 4.90 Å². The Kier molecular flexibility index (Phi) is 3.70. The van der Waals surface area contributed by atoms with Crippen LogP contribution in [0.3, 0.4) is 0 Å². The predicted molar refractivity (Wildman–Crippen MR) is 75.9 cm³/mol. The predicted octanol–water partition coefficient (Wildman–Crippen LogP) is 2.62. The standard InChI is InChI=1S/C15H20ClNO2/c1-18-14-4-2-12(3-5-14)15(10-19-11-15)17-8-6-13(16)7-9-17/h2-5,13H,6-11H2,1H3. The fourth-order valence-electron chi connectivity index (χ4n) is 3.00. The second kappa shape index (κ2) is 5.31. The molecule has 0 unspecified atom stereocenters. The quantitative estimate of drug-likeness (QED) is 0.795. The zero-order chi connectivity index (χ0) is 13.3. The maximum absolute atomic E-state index is 6.20. The van der Waals surface area contributed by atoms with Crippen LogP contribution in [-0.4, -0.2) is 43.7 Å². The van der Waals surface area contributed by atoms with Crippen LogP contribution in [0.15, 0.2) is 24.3 Å². The highest BCUT2D eigenvalue weighted by Crippen LogP contribution is 2.38. The van der Waals surface area contributed by atoms with Crippen LogP contribution in [0, 0.1) is 0 Å². The molecule has 1 aromatic carbocycles. The van der Waals surface area contributed by atoms with Gasteiger partial charge in [0.15, 0.2) is 0 Å². The molecule has 2 aliphatic heterocycles. The molecule has 1 aromatic rings. The summed E-state index contributed by atoms with van der Waals surface area (Å²) in [7, 11) is 1.70. The van der Waals surface area contributed by atoms with Gasteiger partial charge in [-0.25, -0.2) is 0 Å². The zero-order valence-corrected chi connectivity index (χ0v) is 12.0. The van der Waals surface area contributed by atoms with Crippen LogP contribution in [0.25, 0.3) is 0 Å². The van der Waals surface area contributed by atoms with Crippen molar-refractivity contribution in [1.29, 1.82) is 0 Å². The maximum atomic E-state index is 6.20. The topological polar surface area (TPSA) is 21.7 Å². The summed E-state index contributed by atoms with van der Waals surface area (Å²) in [5.41, 5.74) is 1.39. The minimum Gasteiger partial charge on any atom is -0.497 e. The van der Waals surface area contributed by atoms with Crippen molar-refractivity contribution >= 4 is 11.6 Å². The van der Waals surface area contributed by atoms with E-state index in [1.165, 1.54) is 5.56 Å². The Bertz CT molecular complexity index is 422. The summed E-state index contributed by atoms with van der Waals surface area (Å²) in [5, 5.41) is 0.338. The molecule has 2 heterocycles. The summed E-state index contributed by atoms with van der Waals surface area (Å²) < 4.78 is 10.8. The summed E-state index contributed by atoms with van der Waals surface area (Å²) in [6, 6.07) is 8.38. The lowest BCUT2D eigenvalue weighted by atomic mass is 9.84. The molecule has 0 bridgehead atoms. The Hall–Kier alpha value is -0.770. The van der Waals surface area contributed by atoms with Crippen LogP contribution < -0.4 is 4.74 Å². The van der Waals surface area contributed by atoms with Crippen molar-refractivity contribution in [2.24, 2.45) is 0 Å². The van der Waals surface area contributed by atoms with E-state index in [4.69, 9.17) is 21.1 Å². The highest BCUT2D eigenvalue weighted by atomic mass is 35.5. The molecule has 19 heavy (non-hydrogen) atoms. The van der Waals surface area contributed by atoms with Crippen molar-refractivity contribution in [3.63, 3.8) is 0 Å². The van der Waals surface area contributed by atoms with Gasteiger partial charge in [0.25, 0.3) is 0 Å². The molecule has 0 saturated carbocycles. The number of nitrogens with zero attached hydrogens (tertiary/aromatic N) is 1.